The highest BCUT2D eigenvalue weighted by atomic mass is 16.5. The standard InChI is InChI=1S/C18H16O3/c19-18(14-7-3-1-4-8-14)21-17-12-11-16(13-17)20-15-9-5-2-6-10-15/h1-12,16-17H,13H2/t16-,17+/m1/s1. The first-order chi connectivity index (χ1) is 10.3. The van der Waals surface area contributed by atoms with Crippen LogP contribution in [0.5, 0.6) is 5.75 Å². The number of ether oxygens (including phenoxy) is 2. The maximum atomic E-state index is 12.0. The molecule has 2 atom stereocenters. The SMILES string of the molecule is O=C(O[C@H]1C=C[C@@H](Oc2ccccc2)C1)c1ccccc1. The summed E-state index contributed by atoms with van der Waals surface area (Å²) in [4.78, 5) is 12.0. The van der Waals surface area contributed by atoms with Gasteiger partial charge in [-0.3, -0.25) is 0 Å². The molecule has 1 aliphatic rings. The summed E-state index contributed by atoms with van der Waals surface area (Å²) >= 11 is 0. The molecule has 2 aromatic rings. The first-order valence-electron chi connectivity index (χ1n) is 6.97. The Hall–Kier alpha value is -2.55. The molecular formula is C18H16O3. The Kier molecular flexibility index (Phi) is 4.01. The van der Waals surface area contributed by atoms with Crippen LogP contribution >= 0.6 is 0 Å². The van der Waals surface area contributed by atoms with E-state index >= 15 is 0 Å². The predicted octanol–water partition coefficient (Wildman–Crippen LogP) is 3.62. The molecule has 0 radical (unpaired) electrons. The lowest BCUT2D eigenvalue weighted by Crippen LogP contribution is -2.19. The second kappa shape index (κ2) is 6.27. The molecule has 0 bridgehead atoms. The fourth-order valence-corrected chi connectivity index (χ4v) is 2.26. The minimum absolute atomic E-state index is 0.0547. The Bertz CT molecular complexity index is 619. The largest absolute Gasteiger partial charge is 0.486 e. The van der Waals surface area contributed by atoms with Crippen molar-refractivity contribution in [3.05, 3.63) is 78.4 Å². The first-order valence-corrected chi connectivity index (χ1v) is 6.97. The summed E-state index contributed by atoms with van der Waals surface area (Å²) < 4.78 is 11.3. The number of esters is 1. The zero-order valence-corrected chi connectivity index (χ0v) is 11.5. The van der Waals surface area contributed by atoms with E-state index in [9.17, 15) is 4.79 Å². The van der Waals surface area contributed by atoms with Crippen LogP contribution in [0.2, 0.25) is 0 Å². The van der Waals surface area contributed by atoms with Crippen LogP contribution in [0, 0.1) is 0 Å². The van der Waals surface area contributed by atoms with Gasteiger partial charge in [0.25, 0.3) is 0 Å². The molecular weight excluding hydrogens is 264 g/mol. The number of hydrogen-bond donors (Lipinski definition) is 0. The van der Waals surface area contributed by atoms with Gasteiger partial charge in [-0.05, 0) is 36.4 Å². The maximum Gasteiger partial charge on any atom is 0.338 e. The maximum absolute atomic E-state index is 12.0. The number of carbonyl (C=O) groups excluding carboxylic acids is 1. The third-order valence-corrected chi connectivity index (χ3v) is 3.30. The van der Waals surface area contributed by atoms with Gasteiger partial charge in [-0.15, -0.1) is 0 Å². The Balaban J connectivity index is 1.54. The normalized spacial score (nSPS) is 20.2. The quantitative estimate of drug-likeness (QED) is 0.634. The van der Waals surface area contributed by atoms with Crippen LogP contribution in [0.3, 0.4) is 0 Å². The van der Waals surface area contributed by atoms with Crippen molar-refractivity contribution in [3.8, 4) is 5.75 Å². The fraction of sp³-hybridized carbons (Fsp3) is 0.167. The zero-order valence-electron chi connectivity index (χ0n) is 11.5. The smallest absolute Gasteiger partial charge is 0.338 e. The van der Waals surface area contributed by atoms with Crippen LogP contribution in [-0.2, 0) is 4.74 Å². The number of para-hydroxylation sites is 1. The topological polar surface area (TPSA) is 35.5 Å². The van der Waals surface area contributed by atoms with Crippen LogP contribution < -0.4 is 4.74 Å². The van der Waals surface area contributed by atoms with E-state index in [0.29, 0.717) is 12.0 Å². The molecule has 21 heavy (non-hydrogen) atoms. The molecule has 0 amide bonds. The van der Waals surface area contributed by atoms with Crippen LogP contribution in [0.25, 0.3) is 0 Å². The molecule has 1 aliphatic carbocycles. The molecule has 2 aromatic carbocycles. The van der Waals surface area contributed by atoms with Gasteiger partial charge in [0, 0.05) is 6.42 Å². The number of carbonyl (C=O) groups is 1. The molecule has 0 aromatic heterocycles. The molecule has 0 saturated carbocycles. The summed E-state index contributed by atoms with van der Waals surface area (Å²) in [6.07, 6.45) is 4.19. The Labute approximate surface area is 123 Å². The first kappa shape index (κ1) is 13.4. The fourth-order valence-electron chi connectivity index (χ4n) is 2.26. The van der Waals surface area contributed by atoms with Gasteiger partial charge in [0.05, 0.1) is 5.56 Å². The Morgan fingerprint density at radius 3 is 2.19 bits per heavy atom. The van der Waals surface area contributed by atoms with E-state index in [1.165, 1.54) is 0 Å². The van der Waals surface area contributed by atoms with Crippen molar-refractivity contribution in [2.45, 2.75) is 18.6 Å². The minimum atomic E-state index is -0.300. The van der Waals surface area contributed by atoms with E-state index in [4.69, 9.17) is 9.47 Å². The van der Waals surface area contributed by atoms with Crippen molar-refractivity contribution in [2.75, 3.05) is 0 Å². The van der Waals surface area contributed by atoms with Gasteiger partial charge in [0.1, 0.15) is 18.0 Å². The van der Waals surface area contributed by atoms with Crippen molar-refractivity contribution in [1.29, 1.82) is 0 Å². The molecule has 0 unspecified atom stereocenters. The second-order valence-electron chi connectivity index (χ2n) is 4.90. The molecule has 3 heteroatoms. The van der Waals surface area contributed by atoms with Gasteiger partial charge in [-0.25, -0.2) is 4.79 Å². The van der Waals surface area contributed by atoms with Gasteiger partial charge in [0.2, 0.25) is 0 Å². The highest BCUT2D eigenvalue weighted by Crippen LogP contribution is 2.21. The van der Waals surface area contributed by atoms with E-state index in [0.717, 1.165) is 5.75 Å². The molecule has 0 N–H and O–H groups in total. The van der Waals surface area contributed by atoms with Gasteiger partial charge < -0.3 is 9.47 Å². The van der Waals surface area contributed by atoms with Gasteiger partial charge >= 0.3 is 5.97 Å². The van der Waals surface area contributed by atoms with Crippen molar-refractivity contribution in [2.24, 2.45) is 0 Å². The lowest BCUT2D eigenvalue weighted by molar-refractivity contribution is 0.0358. The minimum Gasteiger partial charge on any atom is -0.486 e. The summed E-state index contributed by atoms with van der Waals surface area (Å²) in [6, 6.07) is 18.6. The van der Waals surface area contributed by atoms with Crippen LogP contribution in [0.15, 0.2) is 72.8 Å². The molecule has 3 rings (SSSR count). The Morgan fingerprint density at radius 1 is 0.857 bits per heavy atom. The van der Waals surface area contributed by atoms with Crippen LogP contribution in [0.4, 0.5) is 0 Å². The highest BCUT2D eigenvalue weighted by Gasteiger charge is 2.23. The predicted molar refractivity (Wildman–Crippen MR) is 80.3 cm³/mol. The summed E-state index contributed by atoms with van der Waals surface area (Å²) in [5.41, 5.74) is 0.568. The Morgan fingerprint density at radius 2 is 1.48 bits per heavy atom. The lowest BCUT2D eigenvalue weighted by Gasteiger charge is -2.15. The molecule has 0 heterocycles. The molecule has 0 fully saturated rings. The second-order valence-corrected chi connectivity index (χ2v) is 4.90. The number of rotatable bonds is 4. The van der Waals surface area contributed by atoms with Crippen LogP contribution in [-0.4, -0.2) is 18.2 Å². The number of benzene rings is 2. The van der Waals surface area contributed by atoms with E-state index < -0.39 is 0 Å². The van der Waals surface area contributed by atoms with Crippen LogP contribution in [0.1, 0.15) is 16.8 Å². The molecule has 3 nitrogen and oxygen atoms in total. The van der Waals surface area contributed by atoms with Crippen molar-refractivity contribution in [1.82, 2.24) is 0 Å². The summed E-state index contributed by atoms with van der Waals surface area (Å²) in [7, 11) is 0. The van der Waals surface area contributed by atoms with Gasteiger partial charge in [-0.1, -0.05) is 36.4 Å². The van der Waals surface area contributed by atoms with Crippen molar-refractivity contribution < 1.29 is 14.3 Å². The van der Waals surface area contributed by atoms with E-state index in [2.05, 4.69) is 0 Å². The molecule has 0 aliphatic heterocycles. The van der Waals surface area contributed by atoms with Crippen molar-refractivity contribution >= 4 is 5.97 Å². The van der Waals surface area contributed by atoms with Gasteiger partial charge in [0.15, 0.2) is 0 Å². The number of hydrogen-bond acceptors (Lipinski definition) is 3. The monoisotopic (exact) mass is 280 g/mol. The molecule has 0 spiro atoms. The third kappa shape index (κ3) is 3.51. The molecule has 106 valence electrons. The average molecular weight is 280 g/mol. The third-order valence-electron chi connectivity index (χ3n) is 3.30. The summed E-state index contributed by atoms with van der Waals surface area (Å²) in [5.74, 6) is 0.521. The van der Waals surface area contributed by atoms with E-state index in [1.807, 2.05) is 60.7 Å². The summed E-state index contributed by atoms with van der Waals surface area (Å²) in [6.45, 7) is 0. The van der Waals surface area contributed by atoms with Crippen molar-refractivity contribution in [3.63, 3.8) is 0 Å². The summed E-state index contributed by atoms with van der Waals surface area (Å²) in [5, 5.41) is 0. The van der Waals surface area contributed by atoms with Gasteiger partial charge in [-0.2, -0.15) is 0 Å². The highest BCUT2D eigenvalue weighted by molar-refractivity contribution is 5.89. The van der Waals surface area contributed by atoms with E-state index in [1.54, 1.807) is 12.1 Å². The lowest BCUT2D eigenvalue weighted by atomic mass is 10.2. The van der Waals surface area contributed by atoms with E-state index in [-0.39, 0.29) is 18.2 Å². The molecule has 0 saturated heterocycles. The zero-order chi connectivity index (χ0) is 14.5. The average Bonchev–Trinajstić information content (AvgIpc) is 2.96.